The number of nitrogens with one attached hydrogen (secondary N) is 3. The number of piperidine rings is 1. The van der Waals surface area contributed by atoms with Crippen LogP contribution in [0, 0.1) is 5.92 Å². The van der Waals surface area contributed by atoms with Gasteiger partial charge in [-0.25, -0.2) is 0 Å². The first-order valence-corrected chi connectivity index (χ1v) is 6.65. The Morgan fingerprint density at radius 1 is 1.25 bits per heavy atom. The third kappa shape index (κ3) is 3.71. The fourth-order valence-corrected chi connectivity index (χ4v) is 2.14. The van der Waals surface area contributed by atoms with E-state index in [9.17, 15) is 9.59 Å². The van der Waals surface area contributed by atoms with Crippen LogP contribution in [0.15, 0.2) is 24.3 Å². The summed E-state index contributed by atoms with van der Waals surface area (Å²) in [4.78, 5) is 23.8. The summed E-state index contributed by atoms with van der Waals surface area (Å²) in [6.45, 7) is 1.67. The molecule has 2 amide bonds. The van der Waals surface area contributed by atoms with Gasteiger partial charge in [0, 0.05) is 11.5 Å². The summed E-state index contributed by atoms with van der Waals surface area (Å²) >= 11 is 0. The minimum Gasteiger partial charge on any atom is -0.497 e. The van der Waals surface area contributed by atoms with E-state index in [-0.39, 0.29) is 17.7 Å². The third-order valence-electron chi connectivity index (χ3n) is 3.34. The largest absolute Gasteiger partial charge is 0.497 e. The molecule has 1 fully saturated rings. The summed E-state index contributed by atoms with van der Waals surface area (Å²) in [7, 11) is 1.54. The van der Waals surface area contributed by atoms with Gasteiger partial charge in [0.15, 0.2) is 0 Å². The Morgan fingerprint density at radius 2 is 2.00 bits per heavy atom. The van der Waals surface area contributed by atoms with Crippen molar-refractivity contribution in [2.24, 2.45) is 5.92 Å². The Labute approximate surface area is 117 Å². The van der Waals surface area contributed by atoms with Gasteiger partial charge < -0.3 is 10.1 Å². The smallest absolute Gasteiger partial charge is 0.269 e. The lowest BCUT2D eigenvalue weighted by atomic mass is 9.98. The molecular formula is C14H19N3O3. The Bertz CT molecular complexity index is 484. The molecule has 108 valence electrons. The highest BCUT2D eigenvalue weighted by Gasteiger charge is 2.21. The molecule has 1 aromatic rings. The highest BCUT2D eigenvalue weighted by atomic mass is 16.5. The molecule has 0 radical (unpaired) electrons. The quantitative estimate of drug-likeness (QED) is 0.701. The molecule has 1 heterocycles. The van der Waals surface area contributed by atoms with Crippen molar-refractivity contribution in [3.05, 3.63) is 29.8 Å². The second kappa shape index (κ2) is 6.91. The molecule has 0 aromatic heterocycles. The van der Waals surface area contributed by atoms with Crippen molar-refractivity contribution in [1.82, 2.24) is 16.2 Å². The molecule has 0 aliphatic carbocycles. The van der Waals surface area contributed by atoms with Crippen LogP contribution in [-0.4, -0.2) is 32.0 Å². The van der Waals surface area contributed by atoms with Crippen LogP contribution in [0.5, 0.6) is 5.75 Å². The molecule has 2 rings (SSSR count). The van der Waals surface area contributed by atoms with E-state index in [1.165, 1.54) is 7.11 Å². The van der Waals surface area contributed by atoms with E-state index < -0.39 is 0 Å². The molecule has 0 saturated carbocycles. The molecule has 20 heavy (non-hydrogen) atoms. The number of methoxy groups -OCH3 is 1. The standard InChI is InChI=1S/C14H19N3O3/c1-20-12-4-2-3-11(9-12)14(19)17-16-13(18)10-5-7-15-8-6-10/h2-4,9-10,15H,5-8H2,1H3,(H,16,18)(H,17,19). The maximum atomic E-state index is 11.9. The van der Waals surface area contributed by atoms with Gasteiger partial charge in [-0.15, -0.1) is 0 Å². The van der Waals surface area contributed by atoms with Crippen LogP contribution in [0.4, 0.5) is 0 Å². The summed E-state index contributed by atoms with van der Waals surface area (Å²) < 4.78 is 5.05. The SMILES string of the molecule is COc1cccc(C(=O)NNC(=O)C2CCNCC2)c1. The fourth-order valence-electron chi connectivity index (χ4n) is 2.14. The highest BCUT2D eigenvalue weighted by Crippen LogP contribution is 2.13. The van der Waals surface area contributed by atoms with Crippen molar-refractivity contribution in [2.45, 2.75) is 12.8 Å². The number of ether oxygens (including phenoxy) is 1. The Morgan fingerprint density at radius 3 is 2.70 bits per heavy atom. The zero-order valence-electron chi connectivity index (χ0n) is 11.4. The maximum Gasteiger partial charge on any atom is 0.269 e. The summed E-state index contributed by atoms with van der Waals surface area (Å²) in [5.41, 5.74) is 5.35. The van der Waals surface area contributed by atoms with Gasteiger partial charge in [0.1, 0.15) is 5.75 Å². The van der Waals surface area contributed by atoms with Crippen LogP contribution in [0.2, 0.25) is 0 Å². The lowest BCUT2D eigenvalue weighted by Gasteiger charge is -2.21. The fraction of sp³-hybridized carbons (Fsp3) is 0.429. The number of hydrazine groups is 1. The molecule has 1 saturated heterocycles. The predicted octanol–water partition coefficient (Wildman–Crippen LogP) is 0.456. The molecule has 0 atom stereocenters. The van der Waals surface area contributed by atoms with E-state index in [4.69, 9.17) is 4.74 Å². The lowest BCUT2D eigenvalue weighted by molar-refractivity contribution is -0.126. The van der Waals surface area contributed by atoms with Crippen molar-refractivity contribution in [2.75, 3.05) is 20.2 Å². The number of hydrogen-bond donors (Lipinski definition) is 3. The number of carbonyl (C=O) groups excluding carboxylic acids is 2. The van der Waals surface area contributed by atoms with Gasteiger partial charge in [-0.05, 0) is 44.1 Å². The van der Waals surface area contributed by atoms with Gasteiger partial charge in [0.05, 0.1) is 7.11 Å². The van der Waals surface area contributed by atoms with Gasteiger partial charge in [0.25, 0.3) is 5.91 Å². The summed E-state index contributed by atoms with van der Waals surface area (Å²) in [6, 6.07) is 6.76. The monoisotopic (exact) mass is 277 g/mol. The Kier molecular flexibility index (Phi) is 4.95. The van der Waals surface area contributed by atoms with E-state index in [1.54, 1.807) is 24.3 Å². The van der Waals surface area contributed by atoms with Crippen molar-refractivity contribution < 1.29 is 14.3 Å². The molecule has 1 aromatic carbocycles. The normalized spacial score (nSPS) is 15.4. The number of hydrogen-bond acceptors (Lipinski definition) is 4. The van der Waals surface area contributed by atoms with Crippen LogP contribution in [-0.2, 0) is 4.79 Å². The number of rotatable bonds is 3. The Balaban J connectivity index is 1.86. The van der Waals surface area contributed by atoms with Crippen molar-refractivity contribution in [3.63, 3.8) is 0 Å². The predicted molar refractivity (Wildman–Crippen MR) is 74.2 cm³/mol. The van der Waals surface area contributed by atoms with Gasteiger partial charge in [-0.3, -0.25) is 20.4 Å². The average molecular weight is 277 g/mol. The molecule has 0 bridgehead atoms. The van der Waals surface area contributed by atoms with E-state index in [2.05, 4.69) is 16.2 Å². The first-order valence-electron chi connectivity index (χ1n) is 6.65. The van der Waals surface area contributed by atoms with Crippen molar-refractivity contribution in [1.29, 1.82) is 0 Å². The van der Waals surface area contributed by atoms with Gasteiger partial charge in [-0.1, -0.05) is 6.07 Å². The van der Waals surface area contributed by atoms with E-state index in [0.29, 0.717) is 11.3 Å². The summed E-state index contributed by atoms with van der Waals surface area (Å²) in [6.07, 6.45) is 1.59. The van der Waals surface area contributed by atoms with Crippen molar-refractivity contribution in [3.8, 4) is 5.75 Å². The van der Waals surface area contributed by atoms with Crippen LogP contribution < -0.4 is 20.9 Å². The van der Waals surface area contributed by atoms with Crippen molar-refractivity contribution >= 4 is 11.8 Å². The molecule has 0 spiro atoms. The molecule has 1 aliphatic heterocycles. The molecule has 6 heteroatoms. The number of carbonyl (C=O) groups is 2. The zero-order valence-corrected chi connectivity index (χ0v) is 11.4. The highest BCUT2D eigenvalue weighted by molar-refractivity contribution is 5.95. The van der Waals surface area contributed by atoms with Crippen LogP contribution in [0.3, 0.4) is 0 Å². The van der Waals surface area contributed by atoms with E-state index in [1.807, 2.05) is 0 Å². The van der Waals surface area contributed by atoms with E-state index >= 15 is 0 Å². The van der Waals surface area contributed by atoms with Gasteiger partial charge in [-0.2, -0.15) is 0 Å². The topological polar surface area (TPSA) is 79.5 Å². The Hall–Kier alpha value is -2.08. The second-order valence-electron chi connectivity index (χ2n) is 4.70. The minimum absolute atomic E-state index is 0.0399. The minimum atomic E-state index is -0.355. The molecule has 6 nitrogen and oxygen atoms in total. The summed E-state index contributed by atoms with van der Waals surface area (Å²) in [5, 5.41) is 3.19. The van der Waals surface area contributed by atoms with Gasteiger partial charge in [0.2, 0.25) is 5.91 Å². The van der Waals surface area contributed by atoms with Crippen LogP contribution in [0.25, 0.3) is 0 Å². The lowest BCUT2D eigenvalue weighted by Crippen LogP contribution is -2.46. The molecular weight excluding hydrogens is 258 g/mol. The van der Waals surface area contributed by atoms with Crippen LogP contribution in [0.1, 0.15) is 23.2 Å². The first kappa shape index (κ1) is 14.3. The maximum absolute atomic E-state index is 11.9. The molecule has 0 unspecified atom stereocenters. The molecule has 1 aliphatic rings. The zero-order chi connectivity index (χ0) is 14.4. The van der Waals surface area contributed by atoms with Crippen LogP contribution >= 0.6 is 0 Å². The average Bonchev–Trinajstić information content (AvgIpc) is 2.53. The number of benzene rings is 1. The summed E-state index contributed by atoms with van der Waals surface area (Å²) in [5.74, 6) is 0.0677. The first-order chi connectivity index (χ1) is 9.70. The van der Waals surface area contributed by atoms with Gasteiger partial charge >= 0.3 is 0 Å². The third-order valence-corrected chi connectivity index (χ3v) is 3.34. The second-order valence-corrected chi connectivity index (χ2v) is 4.70. The van der Waals surface area contributed by atoms with E-state index in [0.717, 1.165) is 25.9 Å². The molecule has 3 N–H and O–H groups in total. The number of amides is 2.